The third kappa shape index (κ3) is 4.04. The number of thiophene rings is 1. The molecule has 0 unspecified atom stereocenters. The van der Waals surface area contributed by atoms with Gasteiger partial charge in [-0.05, 0) is 47.4 Å². The molecule has 0 aliphatic rings. The summed E-state index contributed by atoms with van der Waals surface area (Å²) in [4.78, 5) is 24.6. The normalized spacial score (nSPS) is 14.3. The fraction of sp³-hybridized carbons (Fsp3) is 0.562. The highest BCUT2D eigenvalue weighted by Crippen LogP contribution is 2.31. The fourth-order valence-electron chi connectivity index (χ4n) is 2.78. The van der Waals surface area contributed by atoms with Gasteiger partial charge in [-0.25, -0.2) is 9.97 Å². The average molecular weight is 336 g/mol. The Balaban J connectivity index is 2.22. The number of fused-ring (bicyclic) bond motifs is 1. The van der Waals surface area contributed by atoms with Crippen molar-refractivity contribution in [3.8, 4) is 0 Å². The van der Waals surface area contributed by atoms with Gasteiger partial charge < -0.3 is 15.3 Å². The molecule has 2 rings (SSSR count). The predicted molar refractivity (Wildman–Crippen MR) is 93.1 cm³/mol. The molecule has 0 aliphatic carbocycles. The number of aliphatic hydroxyl groups is 1. The van der Waals surface area contributed by atoms with Crippen LogP contribution in [0.15, 0.2) is 0 Å². The monoisotopic (exact) mass is 336 g/mol. The first-order chi connectivity index (χ1) is 10.6. The Hall–Kier alpha value is -1.57. The molecule has 2 aromatic heterocycles. The molecule has 0 radical (unpaired) electrons. The predicted octanol–water partition coefficient (Wildman–Crippen LogP) is 1.66. The summed E-state index contributed by atoms with van der Waals surface area (Å²) in [6.07, 6.45) is 0. The van der Waals surface area contributed by atoms with E-state index in [1.165, 1.54) is 11.3 Å². The molecule has 2 aromatic rings. The van der Waals surface area contributed by atoms with Gasteiger partial charge in [-0.1, -0.05) is 0 Å². The minimum absolute atomic E-state index is 0.179. The van der Waals surface area contributed by atoms with Gasteiger partial charge in [0.1, 0.15) is 10.7 Å². The summed E-state index contributed by atoms with van der Waals surface area (Å²) >= 11 is 1.37. The zero-order chi connectivity index (χ0) is 17.4. The number of rotatable bonds is 5. The lowest BCUT2D eigenvalue weighted by Gasteiger charge is -2.27. The van der Waals surface area contributed by atoms with Gasteiger partial charge in [0, 0.05) is 24.2 Å². The standard InChI is InChI=1S/C16H24N4O2S/c1-9-12-10(2)18-11(3)19-15(12)23-13(9)14(21)17-7-16(4,22)8-20(5)6/h22H,7-8H2,1-6H3,(H,17,21)/t16-/m1/s1. The number of aromatic nitrogens is 2. The van der Waals surface area contributed by atoms with Crippen LogP contribution in [0, 0.1) is 20.8 Å². The summed E-state index contributed by atoms with van der Waals surface area (Å²) in [5.74, 6) is 0.527. The third-order valence-corrected chi connectivity index (χ3v) is 4.76. The van der Waals surface area contributed by atoms with Crippen molar-refractivity contribution < 1.29 is 9.90 Å². The van der Waals surface area contributed by atoms with Crippen molar-refractivity contribution in [3.63, 3.8) is 0 Å². The zero-order valence-electron chi connectivity index (χ0n) is 14.5. The highest BCUT2D eigenvalue weighted by molar-refractivity contribution is 7.20. The molecule has 23 heavy (non-hydrogen) atoms. The Kier molecular flexibility index (Phi) is 5.03. The Morgan fingerprint density at radius 1 is 1.30 bits per heavy atom. The van der Waals surface area contributed by atoms with Crippen LogP contribution in [0.2, 0.25) is 0 Å². The number of nitrogens with one attached hydrogen (secondary N) is 1. The van der Waals surface area contributed by atoms with Gasteiger partial charge in [-0.2, -0.15) is 0 Å². The first kappa shape index (κ1) is 17.8. The van der Waals surface area contributed by atoms with Crippen LogP contribution in [-0.2, 0) is 0 Å². The first-order valence-electron chi connectivity index (χ1n) is 7.50. The molecule has 0 saturated heterocycles. The summed E-state index contributed by atoms with van der Waals surface area (Å²) < 4.78 is 0. The second-order valence-electron chi connectivity index (χ2n) is 6.51. The van der Waals surface area contributed by atoms with E-state index in [4.69, 9.17) is 0 Å². The van der Waals surface area contributed by atoms with Crippen molar-refractivity contribution in [1.82, 2.24) is 20.2 Å². The number of nitrogens with zero attached hydrogens (tertiary/aromatic N) is 3. The quantitative estimate of drug-likeness (QED) is 0.868. The van der Waals surface area contributed by atoms with Crippen molar-refractivity contribution in [3.05, 3.63) is 22.0 Å². The van der Waals surface area contributed by atoms with Gasteiger partial charge >= 0.3 is 0 Å². The van der Waals surface area contributed by atoms with Crippen molar-refractivity contribution in [2.75, 3.05) is 27.2 Å². The number of carbonyl (C=O) groups excluding carboxylic acids is 1. The molecule has 126 valence electrons. The topological polar surface area (TPSA) is 78.3 Å². The van der Waals surface area contributed by atoms with Gasteiger partial charge in [0.25, 0.3) is 5.91 Å². The van der Waals surface area contributed by atoms with Crippen molar-refractivity contribution in [2.24, 2.45) is 0 Å². The van der Waals surface area contributed by atoms with Gasteiger partial charge in [0.15, 0.2) is 0 Å². The highest BCUT2D eigenvalue weighted by Gasteiger charge is 2.24. The molecule has 0 bridgehead atoms. The van der Waals surface area contributed by atoms with Crippen molar-refractivity contribution in [1.29, 1.82) is 0 Å². The maximum atomic E-state index is 12.5. The summed E-state index contributed by atoms with van der Waals surface area (Å²) in [5, 5.41) is 14.1. The van der Waals surface area contributed by atoms with Gasteiger partial charge in [-0.15, -0.1) is 11.3 Å². The van der Waals surface area contributed by atoms with E-state index in [9.17, 15) is 9.90 Å². The van der Waals surface area contributed by atoms with Crippen LogP contribution in [-0.4, -0.2) is 58.7 Å². The molecule has 0 aliphatic heterocycles. The fourth-order valence-corrected chi connectivity index (χ4v) is 3.97. The summed E-state index contributed by atoms with van der Waals surface area (Å²) in [6.45, 7) is 8.07. The van der Waals surface area contributed by atoms with Crippen LogP contribution in [0.25, 0.3) is 10.2 Å². The molecule has 0 fully saturated rings. The Bertz CT molecular complexity index is 737. The van der Waals surface area contributed by atoms with E-state index in [1.54, 1.807) is 6.92 Å². The van der Waals surface area contributed by atoms with Crippen LogP contribution in [0.5, 0.6) is 0 Å². The maximum Gasteiger partial charge on any atom is 0.261 e. The van der Waals surface area contributed by atoms with Crippen LogP contribution in [0.4, 0.5) is 0 Å². The van der Waals surface area contributed by atoms with Crippen LogP contribution >= 0.6 is 11.3 Å². The van der Waals surface area contributed by atoms with Crippen molar-refractivity contribution >= 4 is 27.5 Å². The molecule has 0 spiro atoms. The van der Waals surface area contributed by atoms with E-state index in [0.29, 0.717) is 17.2 Å². The smallest absolute Gasteiger partial charge is 0.261 e. The van der Waals surface area contributed by atoms with Crippen LogP contribution < -0.4 is 5.32 Å². The maximum absolute atomic E-state index is 12.5. The van der Waals surface area contributed by atoms with E-state index >= 15 is 0 Å². The molecule has 1 amide bonds. The second-order valence-corrected chi connectivity index (χ2v) is 7.51. The van der Waals surface area contributed by atoms with Gasteiger partial charge in [-0.3, -0.25) is 4.79 Å². The lowest BCUT2D eigenvalue weighted by Crippen LogP contribution is -2.47. The lowest BCUT2D eigenvalue weighted by molar-refractivity contribution is 0.0326. The Morgan fingerprint density at radius 2 is 1.96 bits per heavy atom. The molecular formula is C16H24N4O2S. The summed E-state index contributed by atoms with van der Waals surface area (Å²) in [7, 11) is 3.77. The van der Waals surface area contributed by atoms with Crippen LogP contribution in [0.1, 0.15) is 33.7 Å². The highest BCUT2D eigenvalue weighted by atomic mass is 32.1. The van der Waals surface area contributed by atoms with Crippen LogP contribution in [0.3, 0.4) is 0 Å². The van der Waals surface area contributed by atoms with E-state index in [0.717, 1.165) is 21.5 Å². The third-order valence-electron chi connectivity index (χ3n) is 3.58. The number of hydrogen-bond acceptors (Lipinski definition) is 6. The summed E-state index contributed by atoms with van der Waals surface area (Å²) in [6, 6.07) is 0. The largest absolute Gasteiger partial charge is 0.387 e. The number of hydrogen-bond donors (Lipinski definition) is 2. The Morgan fingerprint density at radius 3 is 2.57 bits per heavy atom. The molecule has 1 atom stereocenters. The molecule has 2 heterocycles. The minimum Gasteiger partial charge on any atom is -0.387 e. The average Bonchev–Trinajstić information content (AvgIpc) is 2.72. The number of carbonyl (C=O) groups is 1. The Labute approximate surface area is 140 Å². The van der Waals surface area contributed by atoms with Crippen molar-refractivity contribution in [2.45, 2.75) is 33.3 Å². The molecule has 7 heteroatoms. The first-order valence-corrected chi connectivity index (χ1v) is 8.32. The number of aryl methyl sites for hydroxylation is 3. The molecule has 2 N–H and O–H groups in total. The van der Waals surface area contributed by atoms with Gasteiger partial charge in [0.05, 0.1) is 10.5 Å². The second kappa shape index (κ2) is 6.51. The van der Waals surface area contributed by atoms with Gasteiger partial charge in [0.2, 0.25) is 0 Å². The zero-order valence-corrected chi connectivity index (χ0v) is 15.3. The number of likely N-dealkylation sites (N-methyl/N-ethyl adjacent to an activating group) is 1. The molecular weight excluding hydrogens is 312 g/mol. The number of amides is 1. The molecule has 0 saturated carbocycles. The minimum atomic E-state index is -0.976. The van der Waals surface area contributed by atoms with E-state index in [1.807, 2.05) is 39.8 Å². The lowest BCUT2D eigenvalue weighted by atomic mass is 10.1. The SMILES string of the molecule is Cc1nc(C)c2c(C)c(C(=O)NC[C@@](C)(O)CN(C)C)sc2n1. The van der Waals surface area contributed by atoms with E-state index in [2.05, 4.69) is 15.3 Å². The molecule has 0 aromatic carbocycles. The molecule has 6 nitrogen and oxygen atoms in total. The summed E-state index contributed by atoms with van der Waals surface area (Å²) in [5.41, 5.74) is 0.808. The van der Waals surface area contributed by atoms with E-state index in [-0.39, 0.29) is 12.5 Å². The van der Waals surface area contributed by atoms with E-state index < -0.39 is 5.60 Å².